The van der Waals surface area contributed by atoms with Crippen molar-refractivity contribution < 1.29 is 31.9 Å². The number of thiocarbonyl (C=S) groups is 1. The van der Waals surface area contributed by atoms with Crippen LogP contribution in [0.4, 0.5) is 23.2 Å². The Morgan fingerprint density at radius 1 is 0.929 bits per heavy atom. The van der Waals surface area contributed by atoms with Crippen molar-refractivity contribution in [2.45, 2.75) is 26.6 Å². The molecular weight excluding hydrogens is 570 g/mol. The van der Waals surface area contributed by atoms with Gasteiger partial charge in [0.05, 0.1) is 11.3 Å². The Kier molecular flexibility index (Phi) is 7.70. The number of ether oxygens (including phenoxy) is 1. The van der Waals surface area contributed by atoms with E-state index < -0.39 is 23.6 Å². The maximum atomic E-state index is 13.9. The zero-order valence-corrected chi connectivity index (χ0v) is 23.1. The molecule has 0 spiro atoms. The van der Waals surface area contributed by atoms with Gasteiger partial charge in [-0.3, -0.25) is 19.8 Å². The third kappa shape index (κ3) is 5.68. The lowest BCUT2D eigenvalue weighted by Gasteiger charge is -2.29. The molecule has 1 aromatic heterocycles. The molecule has 5 rings (SSSR count). The van der Waals surface area contributed by atoms with Crippen LogP contribution in [0.5, 0.6) is 5.75 Å². The van der Waals surface area contributed by atoms with Crippen molar-refractivity contribution in [3.63, 3.8) is 0 Å². The predicted molar refractivity (Wildman–Crippen MR) is 154 cm³/mol. The van der Waals surface area contributed by atoms with Gasteiger partial charge in [0.15, 0.2) is 5.11 Å². The summed E-state index contributed by atoms with van der Waals surface area (Å²) in [7, 11) is 0. The lowest BCUT2D eigenvalue weighted by molar-refractivity contribution is -0.137. The van der Waals surface area contributed by atoms with Gasteiger partial charge in [-0.1, -0.05) is 24.3 Å². The molecule has 0 saturated carbocycles. The normalized spacial score (nSPS) is 14.9. The van der Waals surface area contributed by atoms with Gasteiger partial charge in [-0.05, 0) is 92.3 Å². The van der Waals surface area contributed by atoms with Gasteiger partial charge in [0.25, 0.3) is 11.8 Å². The fourth-order valence-electron chi connectivity index (χ4n) is 4.67. The van der Waals surface area contributed by atoms with Gasteiger partial charge < -0.3 is 9.30 Å². The Morgan fingerprint density at radius 2 is 1.64 bits per heavy atom. The van der Waals surface area contributed by atoms with Crippen molar-refractivity contribution in [3.8, 4) is 11.4 Å². The molecule has 1 aliphatic heterocycles. The van der Waals surface area contributed by atoms with Crippen LogP contribution in [-0.2, 0) is 22.4 Å². The van der Waals surface area contributed by atoms with Crippen LogP contribution in [0.2, 0.25) is 0 Å². The van der Waals surface area contributed by atoms with Gasteiger partial charge in [0.1, 0.15) is 23.7 Å². The summed E-state index contributed by atoms with van der Waals surface area (Å²) in [6.07, 6.45) is -3.23. The highest BCUT2D eigenvalue weighted by Gasteiger charge is 2.37. The van der Waals surface area contributed by atoms with Gasteiger partial charge in [-0.25, -0.2) is 4.39 Å². The predicted octanol–water partition coefficient (Wildman–Crippen LogP) is 6.66. The third-order valence-corrected chi connectivity index (χ3v) is 7.04. The van der Waals surface area contributed by atoms with Crippen LogP contribution in [0.25, 0.3) is 11.8 Å². The minimum atomic E-state index is -4.62. The number of carbonyl (C=O) groups excluding carboxylic acids is 2. The number of halogens is 4. The van der Waals surface area contributed by atoms with Crippen molar-refractivity contribution in [3.05, 3.63) is 118 Å². The SMILES string of the molecule is Cc1cc(/C=C2\C(=O)NC(=S)N(c3cccc(C(F)(F)F)c3)C2=O)c(C)n1-c1ccc(OCc2ccccc2F)cc1. The van der Waals surface area contributed by atoms with Crippen molar-refractivity contribution >= 4 is 40.9 Å². The Labute approximate surface area is 243 Å². The topological polar surface area (TPSA) is 63.6 Å². The average Bonchev–Trinajstić information content (AvgIpc) is 3.22. The van der Waals surface area contributed by atoms with Gasteiger partial charge >= 0.3 is 6.18 Å². The fourth-order valence-corrected chi connectivity index (χ4v) is 4.95. The molecule has 6 nitrogen and oxygen atoms in total. The summed E-state index contributed by atoms with van der Waals surface area (Å²) in [5.74, 6) is -1.40. The molecule has 2 heterocycles. The largest absolute Gasteiger partial charge is 0.489 e. The molecule has 0 bridgehead atoms. The van der Waals surface area contributed by atoms with E-state index in [2.05, 4.69) is 5.32 Å². The maximum absolute atomic E-state index is 13.9. The second kappa shape index (κ2) is 11.2. The van der Waals surface area contributed by atoms with E-state index in [4.69, 9.17) is 17.0 Å². The van der Waals surface area contributed by atoms with E-state index in [9.17, 15) is 27.2 Å². The van der Waals surface area contributed by atoms with Crippen LogP contribution in [0.1, 0.15) is 28.1 Å². The molecule has 1 fully saturated rings. The molecule has 1 aliphatic rings. The molecule has 0 radical (unpaired) electrons. The van der Waals surface area contributed by atoms with Gasteiger partial charge in [0, 0.05) is 22.6 Å². The molecule has 2 amide bonds. The number of carbonyl (C=O) groups is 2. The molecule has 0 atom stereocenters. The van der Waals surface area contributed by atoms with Crippen LogP contribution in [0.3, 0.4) is 0 Å². The number of nitrogens with one attached hydrogen (secondary N) is 1. The van der Waals surface area contributed by atoms with E-state index in [1.54, 1.807) is 36.4 Å². The number of anilines is 1. The van der Waals surface area contributed by atoms with Gasteiger partial charge in [0.2, 0.25) is 0 Å². The Hall–Kier alpha value is -4.77. The summed E-state index contributed by atoms with van der Waals surface area (Å²) >= 11 is 5.13. The third-order valence-electron chi connectivity index (χ3n) is 6.75. The zero-order chi connectivity index (χ0) is 30.2. The highest BCUT2D eigenvalue weighted by Crippen LogP contribution is 2.33. The Balaban J connectivity index is 1.41. The molecule has 0 unspecified atom stereocenters. The Bertz CT molecular complexity index is 1740. The second-order valence-electron chi connectivity index (χ2n) is 9.54. The number of amides is 2. The van der Waals surface area contributed by atoms with E-state index in [0.29, 0.717) is 22.6 Å². The summed E-state index contributed by atoms with van der Waals surface area (Å²) in [5, 5.41) is 2.08. The van der Waals surface area contributed by atoms with Crippen LogP contribution in [-0.4, -0.2) is 21.5 Å². The van der Waals surface area contributed by atoms with Crippen LogP contribution < -0.4 is 15.0 Å². The van der Waals surface area contributed by atoms with Crippen molar-refractivity contribution in [1.82, 2.24) is 9.88 Å². The summed E-state index contributed by atoms with van der Waals surface area (Å²) in [6.45, 7) is 3.73. The van der Waals surface area contributed by atoms with Crippen molar-refractivity contribution in [2.24, 2.45) is 0 Å². The van der Waals surface area contributed by atoms with Gasteiger partial charge in [-0.2, -0.15) is 13.2 Å². The summed E-state index contributed by atoms with van der Waals surface area (Å²) in [5.41, 5.74) is 1.93. The van der Waals surface area contributed by atoms with Crippen LogP contribution in [0.15, 0.2) is 84.4 Å². The van der Waals surface area contributed by atoms with Crippen LogP contribution in [0, 0.1) is 19.7 Å². The molecule has 1 saturated heterocycles. The van der Waals surface area contributed by atoms with Gasteiger partial charge in [-0.15, -0.1) is 0 Å². The van der Waals surface area contributed by atoms with E-state index in [1.165, 1.54) is 18.2 Å². The highest BCUT2D eigenvalue weighted by atomic mass is 32.1. The number of aryl methyl sites for hydroxylation is 1. The maximum Gasteiger partial charge on any atom is 0.416 e. The first-order valence-corrected chi connectivity index (χ1v) is 13.1. The van der Waals surface area contributed by atoms with Crippen LogP contribution >= 0.6 is 12.2 Å². The molecule has 11 heteroatoms. The molecule has 0 aliphatic carbocycles. The summed E-state index contributed by atoms with van der Waals surface area (Å²) < 4.78 is 61.4. The molecule has 3 aromatic carbocycles. The summed E-state index contributed by atoms with van der Waals surface area (Å²) in [4.78, 5) is 27.0. The van der Waals surface area contributed by atoms with E-state index in [1.807, 2.05) is 30.5 Å². The first-order valence-electron chi connectivity index (χ1n) is 12.7. The van der Waals surface area contributed by atoms with E-state index in [-0.39, 0.29) is 28.8 Å². The number of aromatic nitrogens is 1. The second-order valence-corrected chi connectivity index (χ2v) is 9.93. The zero-order valence-electron chi connectivity index (χ0n) is 22.3. The molecule has 1 N–H and O–H groups in total. The van der Waals surface area contributed by atoms with E-state index in [0.717, 1.165) is 34.5 Å². The fraction of sp³-hybridized carbons (Fsp3) is 0.129. The minimum absolute atomic E-state index is 0.0718. The monoisotopic (exact) mass is 593 g/mol. The Morgan fingerprint density at radius 3 is 2.33 bits per heavy atom. The average molecular weight is 594 g/mol. The molecule has 42 heavy (non-hydrogen) atoms. The number of benzene rings is 3. The minimum Gasteiger partial charge on any atom is -0.489 e. The molecule has 4 aromatic rings. The lowest BCUT2D eigenvalue weighted by atomic mass is 10.1. The number of nitrogens with zero attached hydrogens (tertiary/aromatic N) is 2. The quantitative estimate of drug-likeness (QED) is 0.118. The first kappa shape index (κ1) is 28.7. The van der Waals surface area contributed by atoms with Crippen molar-refractivity contribution in [2.75, 3.05) is 4.90 Å². The van der Waals surface area contributed by atoms with Crippen molar-refractivity contribution in [1.29, 1.82) is 0 Å². The standard InChI is InChI=1S/C31H23F4N3O3S/c1-18-14-21(19(2)37(18)23-10-12-25(13-11-23)41-17-20-6-3-4-9-27(20)32)15-26-28(39)36-30(42)38(29(26)40)24-8-5-7-22(16-24)31(33,34)35/h3-16H,17H2,1-2H3,(H,36,39,42)/b26-15+. The van der Waals surface area contributed by atoms with E-state index >= 15 is 0 Å². The number of hydrogen-bond donors (Lipinski definition) is 1. The highest BCUT2D eigenvalue weighted by molar-refractivity contribution is 7.80. The number of hydrogen-bond acceptors (Lipinski definition) is 4. The first-order chi connectivity index (χ1) is 19.9. The number of rotatable bonds is 6. The lowest BCUT2D eigenvalue weighted by Crippen LogP contribution is -2.54. The smallest absolute Gasteiger partial charge is 0.416 e. The number of alkyl halides is 3. The molecule has 214 valence electrons. The molecular formula is C31H23F4N3O3S. The summed E-state index contributed by atoms with van der Waals surface area (Å²) in [6, 6.07) is 19.4.